The first kappa shape index (κ1) is 16.4. The SMILES string of the molecule is CCCC1NC(C(=O)c2cc3ncc(Br)cn3n2)Cc2ccccc21. The molecule has 2 aromatic heterocycles. The molecular weight excluding hydrogens is 380 g/mol. The van der Waals surface area contributed by atoms with E-state index in [-0.39, 0.29) is 17.9 Å². The van der Waals surface area contributed by atoms with Crippen LogP contribution in [0.15, 0.2) is 47.2 Å². The van der Waals surface area contributed by atoms with Crippen LogP contribution in [-0.2, 0) is 6.42 Å². The van der Waals surface area contributed by atoms with Crippen molar-refractivity contribution in [3.05, 3.63) is 64.0 Å². The van der Waals surface area contributed by atoms with E-state index < -0.39 is 0 Å². The van der Waals surface area contributed by atoms with Gasteiger partial charge >= 0.3 is 0 Å². The Labute approximate surface area is 154 Å². The van der Waals surface area contributed by atoms with Gasteiger partial charge in [0.05, 0.1) is 10.5 Å². The topological polar surface area (TPSA) is 59.3 Å². The number of carbonyl (C=O) groups is 1. The number of Topliss-reactive ketones (excluding diaryl/α,β-unsaturated/α-hetero) is 1. The summed E-state index contributed by atoms with van der Waals surface area (Å²) in [5, 5.41) is 7.95. The summed E-state index contributed by atoms with van der Waals surface area (Å²) >= 11 is 3.38. The van der Waals surface area contributed by atoms with E-state index in [4.69, 9.17) is 0 Å². The van der Waals surface area contributed by atoms with E-state index in [0.29, 0.717) is 17.8 Å². The van der Waals surface area contributed by atoms with Gasteiger partial charge in [0.15, 0.2) is 11.4 Å². The van der Waals surface area contributed by atoms with Crippen molar-refractivity contribution in [3.8, 4) is 0 Å². The molecule has 1 aliphatic heterocycles. The number of rotatable bonds is 4. The molecule has 0 saturated carbocycles. The van der Waals surface area contributed by atoms with Gasteiger partial charge < -0.3 is 0 Å². The summed E-state index contributed by atoms with van der Waals surface area (Å²) in [6.45, 7) is 2.17. The molecule has 0 aliphatic carbocycles. The fourth-order valence-corrected chi connectivity index (χ4v) is 3.82. The predicted molar refractivity (Wildman–Crippen MR) is 99.7 cm³/mol. The Balaban J connectivity index is 1.65. The molecule has 2 atom stereocenters. The third-order valence-corrected chi connectivity index (χ3v) is 5.09. The number of hydrogen-bond donors (Lipinski definition) is 1. The number of halogens is 1. The molecule has 3 heterocycles. The van der Waals surface area contributed by atoms with E-state index in [9.17, 15) is 4.79 Å². The van der Waals surface area contributed by atoms with Crippen molar-refractivity contribution in [1.29, 1.82) is 0 Å². The zero-order valence-electron chi connectivity index (χ0n) is 13.9. The first-order chi connectivity index (χ1) is 12.2. The molecule has 0 amide bonds. The minimum atomic E-state index is -0.250. The Morgan fingerprint density at radius 2 is 2.24 bits per heavy atom. The molecule has 2 unspecified atom stereocenters. The molecule has 0 bridgehead atoms. The summed E-state index contributed by atoms with van der Waals surface area (Å²) in [7, 11) is 0. The lowest BCUT2D eigenvalue weighted by Gasteiger charge is -2.32. The number of benzene rings is 1. The van der Waals surface area contributed by atoms with Crippen LogP contribution < -0.4 is 5.32 Å². The van der Waals surface area contributed by atoms with Crippen molar-refractivity contribution in [3.63, 3.8) is 0 Å². The molecule has 0 saturated heterocycles. The van der Waals surface area contributed by atoms with Crippen LogP contribution >= 0.6 is 15.9 Å². The number of aromatic nitrogens is 3. The zero-order chi connectivity index (χ0) is 17.4. The maximum Gasteiger partial charge on any atom is 0.200 e. The van der Waals surface area contributed by atoms with Gasteiger partial charge in [-0.25, -0.2) is 9.50 Å². The van der Waals surface area contributed by atoms with E-state index in [0.717, 1.165) is 17.3 Å². The second-order valence-corrected chi connectivity index (χ2v) is 7.35. The maximum atomic E-state index is 13.0. The Morgan fingerprint density at radius 3 is 3.08 bits per heavy atom. The third-order valence-electron chi connectivity index (χ3n) is 4.68. The predicted octanol–water partition coefficient (Wildman–Crippen LogP) is 3.73. The fraction of sp³-hybridized carbons (Fsp3) is 0.316. The van der Waals surface area contributed by atoms with Crippen molar-refractivity contribution in [2.45, 2.75) is 38.3 Å². The van der Waals surface area contributed by atoms with E-state index in [1.165, 1.54) is 11.1 Å². The Bertz CT molecular complexity index is 936. The van der Waals surface area contributed by atoms with Crippen molar-refractivity contribution < 1.29 is 4.79 Å². The lowest BCUT2D eigenvalue weighted by molar-refractivity contribution is 0.0923. The first-order valence-electron chi connectivity index (χ1n) is 8.54. The molecule has 0 fully saturated rings. The highest BCUT2D eigenvalue weighted by Crippen LogP contribution is 2.29. The van der Waals surface area contributed by atoms with Crippen LogP contribution in [0, 0.1) is 0 Å². The molecule has 1 aliphatic rings. The van der Waals surface area contributed by atoms with Crippen molar-refractivity contribution in [1.82, 2.24) is 19.9 Å². The summed E-state index contributed by atoms with van der Waals surface area (Å²) in [4.78, 5) is 17.3. The van der Waals surface area contributed by atoms with E-state index in [2.05, 4.69) is 56.5 Å². The summed E-state index contributed by atoms with van der Waals surface area (Å²) in [5.41, 5.74) is 3.70. The fourth-order valence-electron chi connectivity index (χ4n) is 3.52. The van der Waals surface area contributed by atoms with Crippen LogP contribution in [0.3, 0.4) is 0 Å². The molecule has 128 valence electrons. The molecule has 5 nitrogen and oxygen atoms in total. The van der Waals surface area contributed by atoms with Crippen molar-refractivity contribution >= 4 is 27.4 Å². The maximum absolute atomic E-state index is 13.0. The molecule has 6 heteroatoms. The molecule has 3 aromatic rings. The number of nitrogens with zero attached hydrogens (tertiary/aromatic N) is 3. The molecule has 25 heavy (non-hydrogen) atoms. The number of hydrogen-bond acceptors (Lipinski definition) is 4. The smallest absolute Gasteiger partial charge is 0.200 e. The van der Waals surface area contributed by atoms with Gasteiger partial charge in [-0.15, -0.1) is 0 Å². The molecule has 0 radical (unpaired) electrons. The van der Waals surface area contributed by atoms with Gasteiger partial charge in [-0.05, 0) is 39.9 Å². The van der Waals surface area contributed by atoms with Crippen LogP contribution in [0.5, 0.6) is 0 Å². The van der Waals surface area contributed by atoms with Gasteiger partial charge in [0.2, 0.25) is 0 Å². The van der Waals surface area contributed by atoms with Crippen molar-refractivity contribution in [2.24, 2.45) is 0 Å². The summed E-state index contributed by atoms with van der Waals surface area (Å²) in [5.74, 6) is 0.0252. The first-order valence-corrected chi connectivity index (χ1v) is 9.34. The molecule has 1 N–H and O–H groups in total. The zero-order valence-corrected chi connectivity index (χ0v) is 15.5. The lowest BCUT2D eigenvalue weighted by Crippen LogP contribution is -2.44. The number of nitrogens with one attached hydrogen (secondary N) is 1. The monoisotopic (exact) mass is 398 g/mol. The van der Waals surface area contributed by atoms with Gasteiger partial charge in [-0.1, -0.05) is 37.6 Å². The van der Waals surface area contributed by atoms with Crippen LogP contribution in [0.25, 0.3) is 5.65 Å². The van der Waals surface area contributed by atoms with Gasteiger partial charge in [0.1, 0.15) is 5.69 Å². The molecule has 0 spiro atoms. The Kier molecular flexibility index (Phi) is 4.39. The number of carbonyl (C=O) groups excluding carboxylic acids is 1. The van der Waals surface area contributed by atoms with Gasteiger partial charge in [-0.2, -0.15) is 5.10 Å². The summed E-state index contributed by atoms with van der Waals surface area (Å²) < 4.78 is 2.47. The second-order valence-electron chi connectivity index (χ2n) is 6.43. The normalized spacial score (nSPS) is 19.8. The number of fused-ring (bicyclic) bond motifs is 2. The highest BCUT2D eigenvalue weighted by molar-refractivity contribution is 9.10. The largest absolute Gasteiger partial charge is 0.300 e. The van der Waals surface area contributed by atoms with E-state index in [1.807, 2.05) is 12.3 Å². The van der Waals surface area contributed by atoms with Gasteiger partial charge in [0, 0.05) is 24.5 Å². The van der Waals surface area contributed by atoms with E-state index in [1.54, 1.807) is 16.8 Å². The van der Waals surface area contributed by atoms with Gasteiger partial charge in [0.25, 0.3) is 0 Å². The second kappa shape index (κ2) is 6.69. The van der Waals surface area contributed by atoms with Crippen LogP contribution in [0.4, 0.5) is 0 Å². The Hall–Kier alpha value is -2.05. The van der Waals surface area contributed by atoms with E-state index >= 15 is 0 Å². The van der Waals surface area contributed by atoms with Gasteiger partial charge in [-0.3, -0.25) is 10.1 Å². The average molecular weight is 399 g/mol. The van der Waals surface area contributed by atoms with Crippen LogP contribution in [-0.4, -0.2) is 26.4 Å². The standard InChI is InChI=1S/C19H19BrN4O/c1-2-5-15-14-7-4-3-6-12(14)8-16(22-15)19(25)17-9-18-21-10-13(20)11-24(18)23-17/h3-4,6-7,9-11,15-16,22H,2,5,8H2,1H3. The third kappa shape index (κ3) is 3.12. The highest BCUT2D eigenvalue weighted by atomic mass is 79.9. The lowest BCUT2D eigenvalue weighted by atomic mass is 9.86. The molecule has 1 aromatic carbocycles. The highest BCUT2D eigenvalue weighted by Gasteiger charge is 2.31. The van der Waals surface area contributed by atoms with Crippen LogP contribution in [0.1, 0.15) is 47.4 Å². The molecule has 4 rings (SSSR count). The summed E-state index contributed by atoms with van der Waals surface area (Å²) in [6, 6.07) is 10.1. The van der Waals surface area contributed by atoms with Crippen LogP contribution in [0.2, 0.25) is 0 Å². The quantitative estimate of drug-likeness (QED) is 0.680. The minimum Gasteiger partial charge on any atom is -0.300 e. The number of ketones is 1. The molecular formula is C19H19BrN4O. The average Bonchev–Trinajstić information content (AvgIpc) is 3.04. The minimum absolute atomic E-state index is 0.0252. The van der Waals surface area contributed by atoms with Crippen molar-refractivity contribution in [2.75, 3.05) is 0 Å². The Morgan fingerprint density at radius 1 is 1.40 bits per heavy atom. The summed E-state index contributed by atoms with van der Waals surface area (Å²) in [6.07, 6.45) is 6.29.